The highest BCUT2D eigenvalue weighted by molar-refractivity contribution is 6.29. The summed E-state index contributed by atoms with van der Waals surface area (Å²) < 4.78 is 13.1. The van der Waals surface area contributed by atoms with E-state index < -0.39 is 5.91 Å². The second kappa shape index (κ2) is 9.13. The standard InChI is InChI=1S/C21H17ClFN5O/c1-13(16-3-5-17(23)6-4-16)28-21(29)18-8-15(9-24)12-27-20(18)26-11-14-2-7-19(22)25-10-14/h2-8,10,12-13H,11H2,1H3,(H,26,27)(H,28,29)/t13-/m0/s1. The topological polar surface area (TPSA) is 90.7 Å². The molecule has 3 aromatic rings. The number of carbonyl (C=O) groups excluding carboxylic acids is 1. The zero-order chi connectivity index (χ0) is 20.8. The van der Waals surface area contributed by atoms with Crippen LogP contribution in [0.2, 0.25) is 5.15 Å². The molecule has 6 nitrogen and oxygen atoms in total. The average Bonchev–Trinajstić information content (AvgIpc) is 2.73. The number of halogens is 2. The second-order valence-electron chi connectivity index (χ2n) is 6.32. The molecule has 8 heteroatoms. The molecule has 0 aliphatic heterocycles. The molecule has 0 saturated heterocycles. The third-order valence-corrected chi connectivity index (χ3v) is 4.45. The number of hydrogen-bond acceptors (Lipinski definition) is 5. The van der Waals surface area contributed by atoms with Gasteiger partial charge >= 0.3 is 0 Å². The first-order chi connectivity index (χ1) is 14.0. The van der Waals surface area contributed by atoms with Crippen molar-refractivity contribution in [3.05, 3.63) is 88.1 Å². The lowest BCUT2D eigenvalue weighted by Crippen LogP contribution is -2.28. The van der Waals surface area contributed by atoms with Crippen LogP contribution in [-0.2, 0) is 6.54 Å². The third kappa shape index (κ3) is 5.27. The molecular weight excluding hydrogens is 393 g/mol. The maximum absolute atomic E-state index is 13.1. The number of carbonyl (C=O) groups is 1. The Morgan fingerprint density at radius 1 is 1.21 bits per heavy atom. The molecule has 1 aromatic carbocycles. The van der Waals surface area contributed by atoms with Crippen LogP contribution in [0.3, 0.4) is 0 Å². The summed E-state index contributed by atoms with van der Waals surface area (Å²) in [6, 6.07) is 12.5. The average molecular weight is 410 g/mol. The Morgan fingerprint density at radius 3 is 2.62 bits per heavy atom. The van der Waals surface area contributed by atoms with Crippen LogP contribution in [0.1, 0.15) is 40.0 Å². The van der Waals surface area contributed by atoms with E-state index in [4.69, 9.17) is 16.9 Å². The zero-order valence-corrected chi connectivity index (χ0v) is 16.2. The Labute approximate surface area is 172 Å². The molecule has 1 atom stereocenters. The number of pyridine rings is 2. The molecule has 0 spiro atoms. The van der Waals surface area contributed by atoms with Crippen molar-refractivity contribution >= 4 is 23.3 Å². The van der Waals surface area contributed by atoms with Gasteiger partial charge in [-0.1, -0.05) is 29.8 Å². The van der Waals surface area contributed by atoms with Crippen LogP contribution < -0.4 is 10.6 Å². The maximum atomic E-state index is 13.1. The van der Waals surface area contributed by atoms with Gasteiger partial charge in [0.2, 0.25) is 0 Å². The van der Waals surface area contributed by atoms with E-state index in [2.05, 4.69) is 20.6 Å². The number of nitriles is 1. The van der Waals surface area contributed by atoms with Gasteiger partial charge in [0, 0.05) is 18.9 Å². The van der Waals surface area contributed by atoms with E-state index in [0.717, 1.165) is 11.1 Å². The number of rotatable bonds is 6. The summed E-state index contributed by atoms with van der Waals surface area (Å²) in [6.45, 7) is 2.16. The fourth-order valence-corrected chi connectivity index (χ4v) is 2.76. The van der Waals surface area contributed by atoms with Gasteiger partial charge in [0.15, 0.2) is 0 Å². The summed E-state index contributed by atoms with van der Waals surface area (Å²) in [5, 5.41) is 15.5. The van der Waals surface area contributed by atoms with Crippen LogP contribution in [0.4, 0.5) is 10.2 Å². The predicted octanol–water partition coefficient (Wildman–Crippen LogP) is 4.24. The van der Waals surface area contributed by atoms with Crippen molar-refractivity contribution in [2.45, 2.75) is 19.5 Å². The number of nitrogens with one attached hydrogen (secondary N) is 2. The fourth-order valence-electron chi connectivity index (χ4n) is 2.65. The van der Waals surface area contributed by atoms with Gasteiger partial charge in [0.1, 0.15) is 22.9 Å². The quantitative estimate of drug-likeness (QED) is 0.594. The van der Waals surface area contributed by atoms with Crippen LogP contribution in [0, 0.1) is 17.1 Å². The van der Waals surface area contributed by atoms with Gasteiger partial charge in [0.05, 0.1) is 17.2 Å². The van der Waals surface area contributed by atoms with Gasteiger partial charge in [-0.2, -0.15) is 5.26 Å². The summed E-state index contributed by atoms with van der Waals surface area (Å²) in [7, 11) is 0. The normalized spacial score (nSPS) is 11.4. The number of nitrogens with zero attached hydrogens (tertiary/aromatic N) is 3. The SMILES string of the molecule is C[C@H](NC(=O)c1cc(C#N)cnc1NCc1ccc(Cl)nc1)c1ccc(F)cc1. The van der Waals surface area contributed by atoms with E-state index in [1.807, 2.05) is 12.1 Å². The maximum Gasteiger partial charge on any atom is 0.255 e. The van der Waals surface area contributed by atoms with Gasteiger partial charge < -0.3 is 10.6 Å². The molecule has 3 rings (SSSR count). The summed E-state index contributed by atoms with van der Waals surface area (Å²) >= 11 is 5.79. The fraction of sp³-hybridized carbons (Fsp3) is 0.143. The molecule has 1 amide bonds. The highest BCUT2D eigenvalue weighted by Gasteiger charge is 2.17. The summed E-state index contributed by atoms with van der Waals surface area (Å²) in [5.41, 5.74) is 2.11. The number of anilines is 1. The molecule has 0 saturated carbocycles. The molecular formula is C21H17ClFN5O. The van der Waals surface area contributed by atoms with Gasteiger partial charge in [-0.25, -0.2) is 14.4 Å². The Balaban J connectivity index is 1.78. The second-order valence-corrected chi connectivity index (χ2v) is 6.71. The highest BCUT2D eigenvalue weighted by Crippen LogP contribution is 2.19. The molecule has 0 bridgehead atoms. The first-order valence-corrected chi connectivity index (χ1v) is 9.15. The minimum Gasteiger partial charge on any atom is -0.365 e. The van der Waals surface area contributed by atoms with Crippen LogP contribution in [-0.4, -0.2) is 15.9 Å². The Morgan fingerprint density at radius 2 is 1.97 bits per heavy atom. The molecule has 146 valence electrons. The monoisotopic (exact) mass is 409 g/mol. The molecule has 0 fully saturated rings. The minimum atomic E-state index is -0.400. The van der Waals surface area contributed by atoms with Crippen LogP contribution >= 0.6 is 11.6 Å². The summed E-state index contributed by atoms with van der Waals surface area (Å²) in [6.07, 6.45) is 3.01. The number of aromatic nitrogens is 2. The van der Waals surface area contributed by atoms with Crippen molar-refractivity contribution in [2.75, 3.05) is 5.32 Å². The van der Waals surface area contributed by atoms with Crippen molar-refractivity contribution in [2.24, 2.45) is 0 Å². The van der Waals surface area contributed by atoms with Gasteiger partial charge in [-0.15, -0.1) is 0 Å². The van der Waals surface area contributed by atoms with Gasteiger partial charge in [-0.3, -0.25) is 4.79 Å². The van der Waals surface area contributed by atoms with Crippen LogP contribution in [0.15, 0.2) is 54.9 Å². The number of benzene rings is 1. The number of hydrogen-bond donors (Lipinski definition) is 2. The van der Waals surface area contributed by atoms with E-state index in [9.17, 15) is 9.18 Å². The lowest BCUT2D eigenvalue weighted by molar-refractivity contribution is 0.0940. The van der Waals surface area contributed by atoms with Crippen molar-refractivity contribution < 1.29 is 9.18 Å². The first-order valence-electron chi connectivity index (χ1n) is 8.77. The number of amides is 1. The van der Waals surface area contributed by atoms with Crippen LogP contribution in [0.25, 0.3) is 0 Å². The van der Waals surface area contributed by atoms with E-state index in [1.54, 1.807) is 31.3 Å². The Bertz CT molecular complexity index is 1050. The molecule has 2 heterocycles. The van der Waals surface area contributed by atoms with Crippen LogP contribution in [0.5, 0.6) is 0 Å². The van der Waals surface area contributed by atoms with Gasteiger partial charge in [-0.05, 0) is 42.3 Å². The largest absolute Gasteiger partial charge is 0.365 e. The molecule has 2 N–H and O–H groups in total. The Hall–Kier alpha value is -3.50. The highest BCUT2D eigenvalue weighted by atomic mass is 35.5. The van der Waals surface area contributed by atoms with Crippen molar-refractivity contribution in [1.29, 1.82) is 5.26 Å². The molecule has 0 aliphatic rings. The van der Waals surface area contributed by atoms with E-state index in [0.29, 0.717) is 17.5 Å². The third-order valence-electron chi connectivity index (χ3n) is 4.23. The van der Waals surface area contributed by atoms with E-state index in [-0.39, 0.29) is 23.0 Å². The molecule has 0 radical (unpaired) electrons. The lowest BCUT2D eigenvalue weighted by atomic mass is 10.1. The molecule has 0 unspecified atom stereocenters. The lowest BCUT2D eigenvalue weighted by Gasteiger charge is -2.16. The van der Waals surface area contributed by atoms with Crippen molar-refractivity contribution in [3.63, 3.8) is 0 Å². The predicted molar refractivity (Wildman–Crippen MR) is 108 cm³/mol. The minimum absolute atomic E-state index is 0.236. The first kappa shape index (κ1) is 20.2. The smallest absolute Gasteiger partial charge is 0.255 e. The van der Waals surface area contributed by atoms with Gasteiger partial charge in [0.25, 0.3) is 5.91 Å². The summed E-state index contributed by atoms with van der Waals surface area (Å²) in [4.78, 5) is 21.1. The molecule has 0 aliphatic carbocycles. The molecule has 2 aromatic heterocycles. The van der Waals surface area contributed by atoms with E-state index >= 15 is 0 Å². The molecule has 29 heavy (non-hydrogen) atoms. The summed E-state index contributed by atoms with van der Waals surface area (Å²) in [5.74, 6) is -0.410. The van der Waals surface area contributed by atoms with E-state index in [1.165, 1.54) is 24.4 Å². The zero-order valence-electron chi connectivity index (χ0n) is 15.5. The van der Waals surface area contributed by atoms with Crippen molar-refractivity contribution in [3.8, 4) is 6.07 Å². The van der Waals surface area contributed by atoms with Crippen molar-refractivity contribution in [1.82, 2.24) is 15.3 Å². The Kier molecular flexibility index (Phi) is 6.37.